The Balaban J connectivity index is 0.000000132. The van der Waals surface area contributed by atoms with Crippen LogP contribution in [0.15, 0.2) is 321 Å². The van der Waals surface area contributed by atoms with Gasteiger partial charge in [0.05, 0.1) is 21.5 Å². The van der Waals surface area contributed by atoms with Crippen LogP contribution in [0.25, 0.3) is 153 Å². The molecule has 0 radical (unpaired) electrons. The molecule has 6 heterocycles. The summed E-state index contributed by atoms with van der Waals surface area (Å²) in [7, 11) is 0. The highest BCUT2D eigenvalue weighted by Crippen LogP contribution is 2.36. The molecule has 562 valence electrons. The van der Waals surface area contributed by atoms with Crippen LogP contribution < -0.4 is 32.2 Å². The Hall–Kier alpha value is -17.3. The van der Waals surface area contributed by atoms with Gasteiger partial charge in [0.1, 0.15) is 101 Å². The number of hydrogen-bond donors (Lipinski definition) is 0. The Labute approximate surface area is 681 Å². The molecular weight excluding hydrogens is 1520 g/mol. The molecule has 0 unspecified atom stereocenters. The number of halogens is 4. The smallest absolute Gasteiger partial charge is 0.576 e. The molecule has 119 heavy (non-hydrogen) atoms. The Bertz CT molecular complexity index is 6780. The van der Waals surface area contributed by atoms with Gasteiger partial charge in [0.2, 0.25) is 11.8 Å². The molecule has 6 aromatic heterocycles. The van der Waals surface area contributed by atoms with Crippen molar-refractivity contribution in [3.63, 3.8) is 0 Å². The van der Waals surface area contributed by atoms with E-state index in [2.05, 4.69) is 152 Å². The van der Waals surface area contributed by atoms with Crippen LogP contribution in [0.4, 0.5) is 17.6 Å². The normalized spacial score (nSPS) is 10.1. The zero-order valence-electron chi connectivity index (χ0n) is 62.0. The molecule has 0 bridgehead atoms. The minimum atomic E-state index is -2.86. The second kappa shape index (κ2) is 38.3. The third-order valence-corrected chi connectivity index (χ3v) is 19.3. The Morgan fingerprint density at radius 2 is 0.639 bits per heavy atom. The average Bonchev–Trinajstić information content (AvgIpc) is 1.32. The van der Waals surface area contributed by atoms with E-state index in [1.165, 1.54) is 27.8 Å². The summed E-state index contributed by atoms with van der Waals surface area (Å²) < 4.78 is 79.6. The van der Waals surface area contributed by atoms with E-state index in [4.69, 9.17) is 63.1 Å². The van der Waals surface area contributed by atoms with Gasteiger partial charge in [-0.2, -0.15) is 40.4 Å². The Morgan fingerprint density at radius 3 is 1.03 bits per heavy atom. The molecule has 0 N–H and O–H groups in total. The molecule has 0 aliphatic rings. The summed E-state index contributed by atoms with van der Waals surface area (Å²) in [5.41, 5.74) is 11.9. The van der Waals surface area contributed by atoms with Crippen molar-refractivity contribution in [3.05, 3.63) is 406 Å². The van der Waals surface area contributed by atoms with Crippen LogP contribution in [-0.4, -0.2) is 50.3 Å². The molecule has 0 spiro atoms. The quantitative estimate of drug-likeness (QED) is 0.0384. The standard InChI is InChI=1S/C24H16N2.C20H14N2O.C12F4N4.C12H4N4.3C9H7NO.Al/c1-3-7-17(8-4-1)19-13-15-25-23-21(19)11-12-22-20(14-16-26-24(22)23)18-9-5-2-6-10-18;1-3-7-15(8-4-1)16-11-13-18(14-12-16)20-22-21-19(23-20)17-9-5-2-6-10-17;1-19-12(20-2)7-10(15)8(13)6(5(3-17)4-18)9(14)11(7)16;1-15-12(16-2)10-5-3-9(4-6-10)11(7-13)8-14;3*11-8-5-1-3-7-4-2-6-10-9(7)8;/h1-16H;1-14H;;3-6H;3*1-6,11H;/q;;;;;;;+3/p-3. The van der Waals surface area contributed by atoms with E-state index in [0.717, 1.165) is 83.3 Å². The predicted molar refractivity (Wildman–Crippen MR) is 445 cm³/mol. The van der Waals surface area contributed by atoms with Gasteiger partial charge in [0, 0.05) is 74.3 Å². The lowest BCUT2D eigenvalue weighted by Crippen LogP contribution is -2.37. The Kier molecular flexibility index (Phi) is 25.6. The number of nitrogens with zero attached hydrogens (tertiary/aromatic N) is 15. The fourth-order valence-electron chi connectivity index (χ4n) is 12.4. The lowest BCUT2D eigenvalue weighted by molar-refractivity contribution is 0.311. The first kappa shape index (κ1) is 79.7. The third kappa shape index (κ3) is 18.3. The van der Waals surface area contributed by atoms with Crippen LogP contribution in [0, 0.1) is 94.9 Å². The van der Waals surface area contributed by atoms with Gasteiger partial charge in [-0.15, -0.1) is 10.2 Å². The number of benzene rings is 11. The molecule has 0 fully saturated rings. The maximum absolute atomic E-state index is 13.6. The van der Waals surface area contributed by atoms with Crippen molar-refractivity contribution < 1.29 is 33.3 Å². The van der Waals surface area contributed by atoms with Gasteiger partial charge in [-0.25, -0.2) is 17.6 Å². The first-order valence-electron chi connectivity index (χ1n) is 35.8. The molecule has 17 rings (SSSR count). The molecule has 0 amide bonds. The molecule has 0 saturated heterocycles. The average molecular weight is 1570 g/mol. The van der Waals surface area contributed by atoms with E-state index in [-0.39, 0.29) is 11.4 Å². The molecule has 17 aromatic rings. The number of hydrogen-bond acceptors (Lipinski definition) is 15. The number of fused-ring (bicyclic) bond motifs is 6. The van der Waals surface area contributed by atoms with Crippen molar-refractivity contribution in [2.75, 3.05) is 0 Å². The van der Waals surface area contributed by atoms with E-state index >= 15 is 0 Å². The van der Waals surface area contributed by atoms with Gasteiger partial charge in [-0.3, -0.25) is 24.9 Å². The highest BCUT2D eigenvalue weighted by atomic mass is 27.3. The van der Waals surface area contributed by atoms with Gasteiger partial charge in [0.15, 0.2) is 23.3 Å². The summed E-state index contributed by atoms with van der Waals surface area (Å²) in [6.45, 7) is 26.6. The molecule has 0 aliphatic carbocycles. The van der Waals surface area contributed by atoms with Crippen LogP contribution in [0.1, 0.15) is 0 Å². The monoisotopic (exact) mass is 1570 g/mol. The summed E-state index contributed by atoms with van der Waals surface area (Å²) in [5.74, 6) is -6.39. The topological polar surface area (TPSA) is 244 Å². The highest BCUT2D eigenvalue weighted by molar-refractivity contribution is 6.40. The number of nitriles is 4. The van der Waals surface area contributed by atoms with Crippen LogP contribution in [0.5, 0.6) is 17.2 Å². The van der Waals surface area contributed by atoms with Crippen molar-refractivity contribution >= 4 is 92.5 Å². The van der Waals surface area contributed by atoms with E-state index in [9.17, 15) is 17.6 Å². The zero-order chi connectivity index (χ0) is 83.0. The van der Waals surface area contributed by atoms with Crippen molar-refractivity contribution in [1.29, 1.82) is 21.0 Å². The van der Waals surface area contributed by atoms with Crippen LogP contribution in [-0.2, 0) is 0 Å². The molecule has 0 aliphatic heterocycles. The van der Waals surface area contributed by atoms with Crippen LogP contribution >= 0.6 is 0 Å². The van der Waals surface area contributed by atoms with Crippen molar-refractivity contribution in [3.8, 4) is 97.8 Å². The SMILES string of the molecule is [C-]#[N+]C([N+]#[C-])=c1c(F)c(F)c(=C(C#N)C#N)c(F)c1F.[C-]#[N+]C([N+]#[C-])=c1ccc(=C(C#N)C#N)cc1.c1ccc(-c2ccc(-c3nnc(-c4ccccc4)o3)cc2)cc1.c1ccc(-c2ccnc3c2ccc2c(-c4ccccc4)ccnc23)cc1.c1cnc2c([O][Al]([O]c3cccc4cccnc34)[O]c3cccc4cccnc34)cccc2c1. The molecular formula is C95H52AlF4N15O4. The van der Waals surface area contributed by atoms with Gasteiger partial charge >= 0.3 is 26.8 Å². The molecule has 11 aromatic carbocycles. The van der Waals surface area contributed by atoms with Gasteiger partial charge in [-0.05, 0) is 106 Å². The third-order valence-electron chi connectivity index (χ3n) is 18.0. The minimum absolute atomic E-state index is 0.0127. The maximum atomic E-state index is 13.6. The molecule has 0 atom stereocenters. The lowest BCUT2D eigenvalue weighted by Gasteiger charge is -2.18. The van der Waals surface area contributed by atoms with E-state index in [1.807, 2.05) is 176 Å². The van der Waals surface area contributed by atoms with Crippen molar-refractivity contribution in [2.45, 2.75) is 0 Å². The maximum Gasteiger partial charge on any atom is 1.20 e. The largest absolute Gasteiger partial charge is 1.20 e. The van der Waals surface area contributed by atoms with Gasteiger partial charge < -0.3 is 15.8 Å². The number of aromatic nitrogens is 7. The first-order chi connectivity index (χ1) is 58.4. The molecule has 0 saturated carbocycles. The summed E-state index contributed by atoms with van der Waals surface area (Å²) >= 11 is -2.86. The second-order valence-corrected chi connectivity index (χ2v) is 26.3. The summed E-state index contributed by atoms with van der Waals surface area (Å²) in [6.07, 6.45) is 8.99. The number of rotatable bonds is 11. The summed E-state index contributed by atoms with van der Waals surface area (Å²) in [4.78, 5) is 33.9. The lowest BCUT2D eigenvalue weighted by atomic mass is 9.97. The zero-order valence-corrected chi connectivity index (χ0v) is 63.1. The fourth-order valence-corrected chi connectivity index (χ4v) is 13.7. The van der Waals surface area contributed by atoms with Gasteiger partial charge in [0.25, 0.3) is 0 Å². The van der Waals surface area contributed by atoms with Crippen LogP contribution in [0.2, 0.25) is 0 Å². The second-order valence-electron chi connectivity index (χ2n) is 25.0. The van der Waals surface area contributed by atoms with E-state index in [0.29, 0.717) is 39.5 Å². The van der Waals surface area contributed by atoms with E-state index in [1.54, 1.807) is 55.0 Å². The highest BCUT2D eigenvalue weighted by Gasteiger charge is 2.46. The van der Waals surface area contributed by atoms with Crippen molar-refractivity contribution in [2.24, 2.45) is 0 Å². The number of pyridine rings is 5. The Morgan fingerprint density at radius 1 is 0.311 bits per heavy atom. The number of para-hydroxylation sites is 3. The fraction of sp³-hybridized carbons (Fsp3) is 0. The summed E-state index contributed by atoms with van der Waals surface area (Å²) in [6, 6.07) is 98.6. The van der Waals surface area contributed by atoms with Gasteiger partial charge in [-0.1, -0.05) is 212 Å². The van der Waals surface area contributed by atoms with Crippen molar-refractivity contribution in [1.82, 2.24) is 35.1 Å². The summed E-state index contributed by atoms with van der Waals surface area (Å²) in [5, 5.41) is 45.8. The minimum Gasteiger partial charge on any atom is -0.576 e. The van der Waals surface area contributed by atoms with E-state index < -0.39 is 60.2 Å². The predicted octanol–water partition coefficient (Wildman–Crippen LogP) is 19.2. The molecule has 24 heteroatoms. The van der Waals surface area contributed by atoms with Crippen LogP contribution in [0.3, 0.4) is 0 Å². The first-order valence-corrected chi connectivity index (χ1v) is 37.2. The molecule has 19 nitrogen and oxygen atoms in total.